The minimum Gasteiger partial charge on any atom is -0.325 e. The van der Waals surface area contributed by atoms with E-state index >= 15 is 0 Å². The number of carbonyl (C=O) groups is 1. The topological polar surface area (TPSA) is 64.0 Å². The van der Waals surface area contributed by atoms with Gasteiger partial charge in [0.2, 0.25) is 5.91 Å². The van der Waals surface area contributed by atoms with Crippen LogP contribution in [0.15, 0.2) is 57.3 Å². The first-order valence-electron chi connectivity index (χ1n) is 9.47. The fourth-order valence-corrected chi connectivity index (χ4v) is 5.05. The molecule has 1 aliphatic heterocycles. The van der Waals surface area contributed by atoms with Crippen molar-refractivity contribution in [1.82, 2.24) is 9.55 Å². The molecule has 5 nitrogen and oxygen atoms in total. The highest BCUT2D eigenvalue weighted by Gasteiger charge is 2.23. The Morgan fingerprint density at radius 3 is 2.77 bits per heavy atom. The zero-order valence-electron chi connectivity index (χ0n) is 16.6. The Kier molecular flexibility index (Phi) is 5.97. The molecule has 0 saturated carbocycles. The number of rotatable bonds is 5. The summed E-state index contributed by atoms with van der Waals surface area (Å²) in [6.07, 6.45) is 0.724. The number of aromatic nitrogens is 2. The summed E-state index contributed by atoms with van der Waals surface area (Å²) in [6, 6.07) is 11.6. The minimum absolute atomic E-state index is 0.104. The Balaban J connectivity index is 1.61. The molecule has 2 heterocycles. The van der Waals surface area contributed by atoms with E-state index in [2.05, 4.69) is 10.3 Å². The summed E-state index contributed by atoms with van der Waals surface area (Å²) in [4.78, 5) is 30.9. The molecule has 0 saturated heterocycles. The first-order valence-corrected chi connectivity index (χ1v) is 11.4. The summed E-state index contributed by atoms with van der Waals surface area (Å²) in [7, 11) is 0. The van der Waals surface area contributed by atoms with Crippen LogP contribution in [0.2, 0.25) is 0 Å². The lowest BCUT2D eigenvalue weighted by Crippen LogP contribution is -2.24. The van der Waals surface area contributed by atoms with Gasteiger partial charge in [0.15, 0.2) is 5.16 Å². The Morgan fingerprint density at radius 1 is 1.23 bits per heavy atom. The third-order valence-electron chi connectivity index (χ3n) is 4.75. The van der Waals surface area contributed by atoms with Gasteiger partial charge in [0.25, 0.3) is 5.56 Å². The molecule has 0 aliphatic carbocycles. The van der Waals surface area contributed by atoms with Crippen molar-refractivity contribution in [2.24, 2.45) is 0 Å². The largest absolute Gasteiger partial charge is 0.325 e. The van der Waals surface area contributed by atoms with E-state index in [1.165, 1.54) is 40.2 Å². The highest BCUT2D eigenvalue weighted by Crippen LogP contribution is 2.30. The second-order valence-corrected chi connectivity index (χ2v) is 9.09. The predicted octanol–water partition coefficient (Wildman–Crippen LogP) is 4.37. The number of fused-ring (bicyclic) bond motifs is 1. The number of anilines is 1. The van der Waals surface area contributed by atoms with Gasteiger partial charge in [-0.05, 0) is 55.3 Å². The SMILES string of the molecule is Cc1ccc(C)c(NC(=O)CSc2nc3c(c(=O)n2-c2ccc(F)cc2)SCC3)c1. The molecule has 0 fully saturated rings. The van der Waals surface area contributed by atoms with Crippen LogP contribution in [0, 0.1) is 19.7 Å². The van der Waals surface area contributed by atoms with Crippen molar-refractivity contribution in [2.45, 2.75) is 30.3 Å². The van der Waals surface area contributed by atoms with Crippen LogP contribution in [0.3, 0.4) is 0 Å². The molecule has 1 aliphatic rings. The lowest BCUT2D eigenvalue weighted by molar-refractivity contribution is -0.113. The lowest BCUT2D eigenvalue weighted by Gasteiger charge is -2.14. The lowest BCUT2D eigenvalue weighted by atomic mass is 10.1. The molecular formula is C22H20FN3O2S2. The van der Waals surface area contributed by atoms with Gasteiger partial charge in [-0.25, -0.2) is 9.37 Å². The van der Waals surface area contributed by atoms with Crippen molar-refractivity contribution in [3.05, 3.63) is 75.5 Å². The predicted molar refractivity (Wildman–Crippen MR) is 119 cm³/mol. The van der Waals surface area contributed by atoms with Crippen LogP contribution in [0.5, 0.6) is 0 Å². The molecular weight excluding hydrogens is 421 g/mol. The number of nitrogens with one attached hydrogen (secondary N) is 1. The minimum atomic E-state index is -0.377. The van der Waals surface area contributed by atoms with Crippen LogP contribution in [0.25, 0.3) is 5.69 Å². The zero-order valence-corrected chi connectivity index (χ0v) is 18.2. The standard InChI is InChI=1S/C22H20FN3O2S2/c1-13-3-4-14(2)18(11-13)24-19(27)12-30-22-25-17-9-10-29-20(17)21(28)26(22)16-7-5-15(23)6-8-16/h3-8,11H,9-10,12H2,1-2H3,(H,24,27). The molecule has 30 heavy (non-hydrogen) atoms. The van der Waals surface area contributed by atoms with Gasteiger partial charge < -0.3 is 5.32 Å². The summed E-state index contributed by atoms with van der Waals surface area (Å²) < 4.78 is 14.8. The molecule has 154 valence electrons. The van der Waals surface area contributed by atoms with Crippen LogP contribution < -0.4 is 10.9 Å². The molecule has 0 radical (unpaired) electrons. The number of aryl methyl sites for hydroxylation is 3. The number of carbonyl (C=O) groups excluding carboxylic acids is 1. The number of halogens is 1. The normalized spacial score (nSPS) is 12.6. The van der Waals surface area contributed by atoms with E-state index in [1.807, 2.05) is 32.0 Å². The molecule has 8 heteroatoms. The number of thioether (sulfide) groups is 2. The number of hydrogen-bond acceptors (Lipinski definition) is 5. The summed E-state index contributed by atoms with van der Waals surface area (Å²) in [5, 5.41) is 3.36. The quantitative estimate of drug-likeness (QED) is 0.471. The van der Waals surface area contributed by atoms with E-state index in [1.54, 1.807) is 12.1 Å². The van der Waals surface area contributed by atoms with Crippen LogP contribution >= 0.6 is 23.5 Å². The van der Waals surface area contributed by atoms with E-state index in [4.69, 9.17) is 0 Å². The van der Waals surface area contributed by atoms with E-state index in [-0.39, 0.29) is 23.0 Å². The molecule has 0 unspecified atom stereocenters. The van der Waals surface area contributed by atoms with E-state index in [0.29, 0.717) is 15.7 Å². The second-order valence-electron chi connectivity index (χ2n) is 7.04. The third kappa shape index (κ3) is 4.29. The fourth-order valence-electron chi connectivity index (χ4n) is 3.19. The van der Waals surface area contributed by atoms with Crippen molar-refractivity contribution in [1.29, 1.82) is 0 Å². The summed E-state index contributed by atoms with van der Waals surface area (Å²) in [5.74, 6) is 0.357. The maximum absolute atomic E-state index is 13.4. The Hall–Kier alpha value is -2.58. The van der Waals surface area contributed by atoms with Gasteiger partial charge in [0.1, 0.15) is 5.82 Å². The molecule has 1 N–H and O–H groups in total. The molecule has 0 atom stereocenters. The summed E-state index contributed by atoms with van der Waals surface area (Å²) in [6.45, 7) is 3.91. The van der Waals surface area contributed by atoms with E-state index < -0.39 is 0 Å². The Labute approximate surface area is 182 Å². The van der Waals surface area contributed by atoms with Crippen LogP contribution in [0.4, 0.5) is 10.1 Å². The van der Waals surface area contributed by atoms with Gasteiger partial charge in [-0.2, -0.15) is 0 Å². The van der Waals surface area contributed by atoms with E-state index in [0.717, 1.165) is 34.7 Å². The average Bonchev–Trinajstić information content (AvgIpc) is 3.19. The Bertz CT molecular complexity index is 1180. The highest BCUT2D eigenvalue weighted by molar-refractivity contribution is 8.00. The highest BCUT2D eigenvalue weighted by atomic mass is 32.2. The first kappa shape index (κ1) is 20.7. The van der Waals surface area contributed by atoms with Gasteiger partial charge in [-0.1, -0.05) is 23.9 Å². The van der Waals surface area contributed by atoms with Crippen LogP contribution in [0.1, 0.15) is 16.8 Å². The maximum atomic E-state index is 13.4. The monoisotopic (exact) mass is 441 g/mol. The van der Waals surface area contributed by atoms with Crippen molar-refractivity contribution >= 4 is 35.1 Å². The molecule has 1 aromatic heterocycles. The van der Waals surface area contributed by atoms with Gasteiger partial charge in [-0.3, -0.25) is 14.2 Å². The fraction of sp³-hybridized carbons (Fsp3) is 0.227. The first-order chi connectivity index (χ1) is 14.4. The third-order valence-corrected chi connectivity index (χ3v) is 6.80. The molecule has 0 bridgehead atoms. The summed E-state index contributed by atoms with van der Waals surface area (Å²) >= 11 is 2.69. The molecule has 1 amide bonds. The smallest absolute Gasteiger partial charge is 0.272 e. The molecule has 2 aromatic carbocycles. The van der Waals surface area contributed by atoms with Gasteiger partial charge in [-0.15, -0.1) is 11.8 Å². The maximum Gasteiger partial charge on any atom is 0.272 e. The average molecular weight is 442 g/mol. The molecule has 3 aromatic rings. The van der Waals surface area contributed by atoms with Gasteiger partial charge >= 0.3 is 0 Å². The Morgan fingerprint density at radius 2 is 2.00 bits per heavy atom. The number of benzene rings is 2. The summed E-state index contributed by atoms with van der Waals surface area (Å²) in [5.41, 5.74) is 3.94. The van der Waals surface area contributed by atoms with Gasteiger partial charge in [0, 0.05) is 17.9 Å². The van der Waals surface area contributed by atoms with Crippen LogP contribution in [-0.2, 0) is 11.2 Å². The van der Waals surface area contributed by atoms with Crippen molar-refractivity contribution in [3.8, 4) is 5.69 Å². The van der Waals surface area contributed by atoms with Gasteiger partial charge in [0.05, 0.1) is 22.0 Å². The second kappa shape index (κ2) is 8.65. The molecule has 4 rings (SSSR count). The number of nitrogens with zero attached hydrogens (tertiary/aromatic N) is 2. The number of hydrogen-bond donors (Lipinski definition) is 1. The zero-order chi connectivity index (χ0) is 21.3. The van der Waals surface area contributed by atoms with Crippen LogP contribution in [-0.4, -0.2) is 27.0 Å². The molecule has 0 spiro atoms. The number of amides is 1. The van der Waals surface area contributed by atoms with Crippen molar-refractivity contribution in [2.75, 3.05) is 16.8 Å². The van der Waals surface area contributed by atoms with Crippen molar-refractivity contribution in [3.63, 3.8) is 0 Å². The van der Waals surface area contributed by atoms with E-state index in [9.17, 15) is 14.0 Å². The van der Waals surface area contributed by atoms with Crippen molar-refractivity contribution < 1.29 is 9.18 Å².